The summed E-state index contributed by atoms with van der Waals surface area (Å²) < 4.78 is 5.12. The molecule has 0 spiro atoms. The molecule has 2 aromatic heterocycles. The molecule has 0 atom stereocenters. The van der Waals surface area contributed by atoms with Gasteiger partial charge in [0.1, 0.15) is 6.26 Å². The van der Waals surface area contributed by atoms with Gasteiger partial charge in [0.05, 0.1) is 5.69 Å². The van der Waals surface area contributed by atoms with Gasteiger partial charge < -0.3 is 4.42 Å². The molecule has 8 heteroatoms. The second-order valence-corrected chi connectivity index (χ2v) is 6.18. The lowest BCUT2D eigenvalue weighted by molar-refractivity contribution is 0.101. The Balaban J connectivity index is 1.66. The van der Waals surface area contributed by atoms with Crippen LogP contribution in [0.15, 0.2) is 41.0 Å². The zero-order valence-electron chi connectivity index (χ0n) is 13.0. The molecular weight excluding hydrogens is 328 g/mol. The van der Waals surface area contributed by atoms with Crippen molar-refractivity contribution >= 4 is 34.3 Å². The maximum absolute atomic E-state index is 12.1. The number of nitrogens with one attached hydrogen (secondary N) is 2. The number of hydrogen-bond donors (Lipinski definition) is 2. The molecule has 2 N–H and O–H groups in total. The van der Waals surface area contributed by atoms with Crippen molar-refractivity contribution in [2.24, 2.45) is 0 Å². The summed E-state index contributed by atoms with van der Waals surface area (Å²) in [7, 11) is 0. The van der Waals surface area contributed by atoms with Crippen molar-refractivity contribution in [2.45, 2.75) is 13.8 Å². The van der Waals surface area contributed by atoms with Gasteiger partial charge in [0.15, 0.2) is 10.8 Å². The van der Waals surface area contributed by atoms with Gasteiger partial charge >= 0.3 is 6.01 Å². The van der Waals surface area contributed by atoms with Crippen molar-refractivity contribution in [1.82, 2.24) is 9.97 Å². The number of rotatable bonds is 4. The van der Waals surface area contributed by atoms with Gasteiger partial charge in [-0.2, -0.15) is 4.98 Å². The smallest absolute Gasteiger partial charge is 0.302 e. The highest BCUT2D eigenvalue weighted by atomic mass is 32.1. The van der Waals surface area contributed by atoms with Crippen LogP contribution in [0.2, 0.25) is 0 Å². The number of aryl methyl sites for hydroxylation is 2. The Bertz CT molecular complexity index is 866. The molecule has 24 heavy (non-hydrogen) atoms. The highest BCUT2D eigenvalue weighted by Crippen LogP contribution is 2.21. The minimum absolute atomic E-state index is 0.0412. The molecule has 3 rings (SSSR count). The van der Waals surface area contributed by atoms with Gasteiger partial charge in [0.2, 0.25) is 0 Å². The molecule has 1 aromatic carbocycles. The van der Waals surface area contributed by atoms with Crippen molar-refractivity contribution in [1.29, 1.82) is 0 Å². The quantitative estimate of drug-likeness (QED) is 0.758. The van der Waals surface area contributed by atoms with E-state index >= 15 is 0 Å². The molecule has 0 saturated heterocycles. The summed E-state index contributed by atoms with van der Waals surface area (Å²) >= 11 is 1.38. The number of carbonyl (C=O) groups is 2. The Morgan fingerprint density at radius 2 is 1.79 bits per heavy atom. The van der Waals surface area contributed by atoms with Crippen LogP contribution in [0.5, 0.6) is 0 Å². The predicted octanol–water partition coefficient (Wildman–Crippen LogP) is 3.25. The summed E-state index contributed by atoms with van der Waals surface area (Å²) in [5, 5.41) is 5.65. The second kappa shape index (κ2) is 6.63. The zero-order valence-corrected chi connectivity index (χ0v) is 13.8. The topological polar surface area (TPSA) is 97.1 Å². The van der Waals surface area contributed by atoms with E-state index in [0.717, 1.165) is 10.6 Å². The number of hydrogen-bond acceptors (Lipinski definition) is 6. The fourth-order valence-corrected chi connectivity index (χ4v) is 2.69. The molecule has 0 aliphatic carbocycles. The van der Waals surface area contributed by atoms with E-state index in [1.807, 2.05) is 19.9 Å². The van der Waals surface area contributed by atoms with Crippen LogP contribution in [0.4, 0.5) is 11.1 Å². The monoisotopic (exact) mass is 342 g/mol. The van der Waals surface area contributed by atoms with Gasteiger partial charge in [0.25, 0.3) is 11.8 Å². The first-order valence-corrected chi connectivity index (χ1v) is 7.92. The van der Waals surface area contributed by atoms with E-state index in [9.17, 15) is 9.59 Å². The molecular formula is C16H14N4O3S. The molecule has 3 aromatic rings. The molecule has 122 valence electrons. The van der Waals surface area contributed by atoms with Crippen molar-refractivity contribution in [2.75, 3.05) is 10.6 Å². The first-order valence-electron chi connectivity index (χ1n) is 7.10. The SMILES string of the molecule is Cc1nc(NC(=O)c2coc(NC(=O)c3ccccc3)n2)sc1C. The van der Waals surface area contributed by atoms with E-state index in [2.05, 4.69) is 20.6 Å². The van der Waals surface area contributed by atoms with Crippen LogP contribution >= 0.6 is 11.3 Å². The Hall–Kier alpha value is -3.00. The van der Waals surface area contributed by atoms with E-state index < -0.39 is 5.91 Å². The maximum atomic E-state index is 12.1. The van der Waals surface area contributed by atoms with E-state index in [1.165, 1.54) is 17.6 Å². The maximum Gasteiger partial charge on any atom is 0.302 e. The molecule has 2 amide bonds. The first kappa shape index (κ1) is 15.9. The number of amides is 2. The number of anilines is 2. The molecule has 0 unspecified atom stereocenters. The molecule has 0 fully saturated rings. The van der Waals surface area contributed by atoms with Crippen LogP contribution in [-0.2, 0) is 0 Å². The zero-order chi connectivity index (χ0) is 17.1. The molecule has 0 saturated carbocycles. The van der Waals surface area contributed by atoms with E-state index in [-0.39, 0.29) is 17.6 Å². The molecule has 2 heterocycles. The van der Waals surface area contributed by atoms with Crippen LogP contribution in [0.3, 0.4) is 0 Å². The van der Waals surface area contributed by atoms with Gasteiger partial charge in [-0.3, -0.25) is 20.2 Å². The standard InChI is InChI=1S/C16H14N4O3S/c1-9-10(2)24-16(17-9)20-14(22)12-8-23-15(18-12)19-13(21)11-6-4-3-5-7-11/h3-8H,1-2H3,(H,17,20,22)(H,18,19,21). The third kappa shape index (κ3) is 3.49. The Morgan fingerprint density at radius 1 is 1.04 bits per heavy atom. The number of carbonyl (C=O) groups excluding carboxylic acids is 2. The lowest BCUT2D eigenvalue weighted by Gasteiger charge is -1.99. The van der Waals surface area contributed by atoms with Gasteiger partial charge in [0, 0.05) is 10.4 Å². The third-order valence-electron chi connectivity index (χ3n) is 3.24. The second-order valence-electron chi connectivity index (χ2n) is 4.97. The minimum Gasteiger partial charge on any atom is -0.431 e. The van der Waals surface area contributed by atoms with Gasteiger partial charge in [-0.05, 0) is 26.0 Å². The number of thiazole rings is 1. The average Bonchev–Trinajstić information content (AvgIpc) is 3.15. The lowest BCUT2D eigenvalue weighted by Crippen LogP contribution is -2.14. The number of nitrogens with zero attached hydrogens (tertiary/aromatic N) is 2. The summed E-state index contributed by atoms with van der Waals surface area (Å²) in [4.78, 5) is 33.4. The number of benzene rings is 1. The molecule has 0 bridgehead atoms. The Kier molecular flexibility index (Phi) is 4.39. The van der Waals surface area contributed by atoms with E-state index in [4.69, 9.17) is 4.42 Å². The molecule has 0 aliphatic heterocycles. The summed E-state index contributed by atoms with van der Waals surface area (Å²) in [5.41, 5.74) is 1.39. The summed E-state index contributed by atoms with van der Waals surface area (Å²) in [5.74, 6) is -0.816. The van der Waals surface area contributed by atoms with Crippen LogP contribution < -0.4 is 10.6 Å². The van der Waals surface area contributed by atoms with Gasteiger partial charge in [-0.15, -0.1) is 11.3 Å². The Morgan fingerprint density at radius 3 is 2.46 bits per heavy atom. The average molecular weight is 342 g/mol. The number of aromatic nitrogens is 2. The predicted molar refractivity (Wildman–Crippen MR) is 90.4 cm³/mol. The van der Waals surface area contributed by atoms with Crippen molar-refractivity contribution in [3.05, 3.63) is 58.4 Å². The van der Waals surface area contributed by atoms with Crippen molar-refractivity contribution in [3.8, 4) is 0 Å². The van der Waals surface area contributed by atoms with Gasteiger partial charge in [-0.25, -0.2) is 4.98 Å². The highest BCUT2D eigenvalue weighted by Gasteiger charge is 2.16. The van der Waals surface area contributed by atoms with Crippen LogP contribution in [0.1, 0.15) is 31.4 Å². The molecule has 0 aliphatic rings. The van der Waals surface area contributed by atoms with Crippen LogP contribution in [0, 0.1) is 13.8 Å². The van der Waals surface area contributed by atoms with Crippen molar-refractivity contribution in [3.63, 3.8) is 0 Å². The largest absolute Gasteiger partial charge is 0.431 e. The summed E-state index contributed by atoms with van der Waals surface area (Å²) in [6, 6.07) is 8.60. The first-order chi connectivity index (χ1) is 11.5. The fourth-order valence-electron chi connectivity index (χ4n) is 1.88. The van der Waals surface area contributed by atoms with Gasteiger partial charge in [-0.1, -0.05) is 18.2 Å². The minimum atomic E-state index is -0.451. The third-order valence-corrected chi connectivity index (χ3v) is 4.23. The van der Waals surface area contributed by atoms with Crippen LogP contribution in [-0.4, -0.2) is 21.8 Å². The number of oxazole rings is 1. The highest BCUT2D eigenvalue weighted by molar-refractivity contribution is 7.15. The van der Waals surface area contributed by atoms with E-state index in [1.54, 1.807) is 24.3 Å². The van der Waals surface area contributed by atoms with E-state index in [0.29, 0.717) is 10.7 Å². The van der Waals surface area contributed by atoms with Crippen molar-refractivity contribution < 1.29 is 14.0 Å². The molecule has 0 radical (unpaired) electrons. The lowest BCUT2D eigenvalue weighted by atomic mass is 10.2. The Labute approximate surface area is 141 Å². The summed E-state index contributed by atoms with van der Waals surface area (Å²) in [6.07, 6.45) is 1.18. The molecule has 7 nitrogen and oxygen atoms in total. The normalized spacial score (nSPS) is 10.4. The van der Waals surface area contributed by atoms with Crippen LogP contribution in [0.25, 0.3) is 0 Å². The fraction of sp³-hybridized carbons (Fsp3) is 0.125. The summed E-state index contributed by atoms with van der Waals surface area (Å²) in [6.45, 7) is 3.80.